The van der Waals surface area contributed by atoms with Crippen LogP contribution in [0, 0.1) is 10.1 Å². The smallest absolute Gasteiger partial charge is 0.387 e. The number of ether oxygens (including phenoxy) is 1. The number of non-ortho nitro benzene ring substituents is 1. The summed E-state index contributed by atoms with van der Waals surface area (Å²) in [7, 11) is 0. The SMILES string of the molecule is NC(=O)CN1CCC(Nc2ccc([N+](=O)[O-])cc2OC(F)F)CC1. The number of primary amides is 1. The Morgan fingerprint density at radius 2 is 2.12 bits per heavy atom. The molecule has 2 rings (SSSR count). The molecule has 1 aliphatic heterocycles. The largest absolute Gasteiger partial charge is 0.432 e. The molecular formula is C14H18F2N4O4. The molecule has 1 aromatic rings. The van der Waals surface area contributed by atoms with E-state index in [-0.39, 0.29) is 29.7 Å². The zero-order valence-corrected chi connectivity index (χ0v) is 12.8. The summed E-state index contributed by atoms with van der Waals surface area (Å²) in [5.41, 5.74) is 5.09. The topological polar surface area (TPSA) is 111 Å². The summed E-state index contributed by atoms with van der Waals surface area (Å²) < 4.78 is 29.4. The normalized spacial score (nSPS) is 16.1. The maximum atomic E-state index is 12.5. The highest BCUT2D eigenvalue weighted by molar-refractivity contribution is 5.75. The highest BCUT2D eigenvalue weighted by Gasteiger charge is 2.22. The van der Waals surface area contributed by atoms with Gasteiger partial charge >= 0.3 is 6.61 Å². The number of alkyl halides is 2. The fourth-order valence-corrected chi connectivity index (χ4v) is 2.61. The average molecular weight is 344 g/mol. The predicted octanol–water partition coefficient (Wildman–Crippen LogP) is 1.56. The van der Waals surface area contributed by atoms with Crippen LogP contribution in [0.2, 0.25) is 0 Å². The molecule has 8 nitrogen and oxygen atoms in total. The quantitative estimate of drug-likeness (QED) is 0.574. The molecule has 0 unspecified atom stereocenters. The first-order valence-electron chi connectivity index (χ1n) is 7.35. The van der Waals surface area contributed by atoms with Crippen LogP contribution < -0.4 is 15.8 Å². The van der Waals surface area contributed by atoms with E-state index >= 15 is 0 Å². The second kappa shape index (κ2) is 7.86. The van der Waals surface area contributed by atoms with Gasteiger partial charge in [0, 0.05) is 25.2 Å². The van der Waals surface area contributed by atoms with Crippen LogP contribution in [0.25, 0.3) is 0 Å². The Labute approximate surface area is 136 Å². The van der Waals surface area contributed by atoms with Gasteiger partial charge in [0.25, 0.3) is 5.69 Å². The Morgan fingerprint density at radius 3 is 2.67 bits per heavy atom. The number of likely N-dealkylation sites (tertiary alicyclic amines) is 1. The first-order chi connectivity index (χ1) is 11.3. The lowest BCUT2D eigenvalue weighted by Gasteiger charge is -2.32. The van der Waals surface area contributed by atoms with Crippen molar-refractivity contribution in [3.63, 3.8) is 0 Å². The monoisotopic (exact) mass is 344 g/mol. The number of halogens is 2. The van der Waals surface area contributed by atoms with Gasteiger partial charge in [-0.2, -0.15) is 8.78 Å². The van der Waals surface area contributed by atoms with Gasteiger partial charge in [-0.15, -0.1) is 0 Å². The van der Waals surface area contributed by atoms with Crippen molar-refractivity contribution in [3.8, 4) is 5.75 Å². The summed E-state index contributed by atoms with van der Waals surface area (Å²) in [6, 6.07) is 3.53. The van der Waals surface area contributed by atoms with Crippen LogP contribution >= 0.6 is 0 Å². The minimum Gasteiger partial charge on any atom is -0.432 e. The average Bonchev–Trinajstić information content (AvgIpc) is 2.49. The number of rotatable bonds is 7. The number of carbonyl (C=O) groups is 1. The number of carbonyl (C=O) groups excluding carboxylic acids is 1. The fourth-order valence-electron chi connectivity index (χ4n) is 2.61. The molecule has 0 aliphatic carbocycles. The lowest BCUT2D eigenvalue weighted by Crippen LogP contribution is -2.43. The first kappa shape index (κ1) is 17.9. The molecule has 0 aromatic heterocycles. The van der Waals surface area contributed by atoms with Gasteiger partial charge in [-0.1, -0.05) is 0 Å². The molecule has 1 aliphatic rings. The summed E-state index contributed by atoms with van der Waals surface area (Å²) >= 11 is 0. The maximum Gasteiger partial charge on any atom is 0.387 e. The molecule has 1 aromatic carbocycles. The van der Waals surface area contributed by atoms with Gasteiger partial charge in [0.05, 0.1) is 23.2 Å². The van der Waals surface area contributed by atoms with E-state index in [0.717, 1.165) is 6.07 Å². The van der Waals surface area contributed by atoms with Crippen molar-refractivity contribution in [2.45, 2.75) is 25.5 Å². The van der Waals surface area contributed by atoms with Gasteiger partial charge in [-0.3, -0.25) is 19.8 Å². The van der Waals surface area contributed by atoms with Gasteiger partial charge in [0.2, 0.25) is 5.91 Å². The van der Waals surface area contributed by atoms with E-state index in [2.05, 4.69) is 10.1 Å². The maximum absolute atomic E-state index is 12.5. The number of amides is 1. The molecule has 0 saturated carbocycles. The number of nitrogens with two attached hydrogens (primary N) is 1. The van der Waals surface area contributed by atoms with E-state index in [0.29, 0.717) is 25.9 Å². The van der Waals surface area contributed by atoms with Crippen molar-refractivity contribution in [2.24, 2.45) is 5.73 Å². The van der Waals surface area contributed by atoms with E-state index in [4.69, 9.17) is 5.73 Å². The van der Waals surface area contributed by atoms with Crippen LogP contribution in [-0.2, 0) is 4.79 Å². The highest BCUT2D eigenvalue weighted by atomic mass is 19.3. The highest BCUT2D eigenvalue weighted by Crippen LogP contribution is 2.32. The lowest BCUT2D eigenvalue weighted by molar-refractivity contribution is -0.385. The summed E-state index contributed by atoms with van der Waals surface area (Å²) in [4.78, 5) is 22.9. The van der Waals surface area contributed by atoms with E-state index < -0.39 is 17.4 Å². The third kappa shape index (κ3) is 5.01. The minimum absolute atomic E-state index is 0.0180. The number of benzene rings is 1. The Bertz CT molecular complexity index is 606. The molecule has 10 heteroatoms. The molecule has 24 heavy (non-hydrogen) atoms. The number of hydrogen-bond acceptors (Lipinski definition) is 6. The third-order valence-electron chi connectivity index (χ3n) is 3.72. The molecule has 0 atom stereocenters. The molecule has 3 N–H and O–H groups in total. The zero-order valence-electron chi connectivity index (χ0n) is 12.8. The molecule has 132 valence electrons. The molecule has 1 fully saturated rings. The van der Waals surface area contributed by atoms with Crippen LogP contribution in [0.3, 0.4) is 0 Å². The van der Waals surface area contributed by atoms with Gasteiger partial charge in [-0.25, -0.2) is 0 Å². The number of nitrogens with one attached hydrogen (secondary N) is 1. The van der Waals surface area contributed by atoms with Crippen LogP contribution in [0.1, 0.15) is 12.8 Å². The third-order valence-corrected chi connectivity index (χ3v) is 3.72. The number of hydrogen-bond donors (Lipinski definition) is 2. The first-order valence-corrected chi connectivity index (χ1v) is 7.35. The Morgan fingerprint density at radius 1 is 1.46 bits per heavy atom. The van der Waals surface area contributed by atoms with Crippen molar-refractivity contribution in [2.75, 3.05) is 25.0 Å². The van der Waals surface area contributed by atoms with Crippen molar-refractivity contribution >= 4 is 17.3 Å². The van der Waals surface area contributed by atoms with E-state index in [9.17, 15) is 23.7 Å². The lowest BCUT2D eigenvalue weighted by atomic mass is 10.0. The van der Waals surface area contributed by atoms with Gasteiger partial charge < -0.3 is 15.8 Å². The van der Waals surface area contributed by atoms with Crippen LogP contribution in [0.5, 0.6) is 5.75 Å². The predicted molar refractivity (Wildman–Crippen MR) is 82.0 cm³/mol. The van der Waals surface area contributed by atoms with Crippen molar-refractivity contribution in [3.05, 3.63) is 28.3 Å². The molecule has 1 saturated heterocycles. The van der Waals surface area contributed by atoms with E-state index in [1.54, 1.807) is 0 Å². The van der Waals surface area contributed by atoms with Gasteiger partial charge in [-0.05, 0) is 18.9 Å². The number of nitro groups is 1. The number of piperidine rings is 1. The summed E-state index contributed by atoms with van der Waals surface area (Å²) in [5.74, 6) is -0.664. The van der Waals surface area contributed by atoms with Gasteiger partial charge in [0.1, 0.15) is 0 Å². The molecule has 0 radical (unpaired) electrons. The van der Waals surface area contributed by atoms with Crippen LogP contribution in [-0.4, -0.2) is 48.0 Å². The van der Waals surface area contributed by atoms with E-state index in [1.807, 2.05) is 4.90 Å². The standard InChI is InChI=1S/C14H18F2N4O4/c15-14(16)24-12-7-10(20(22)23)1-2-11(12)18-9-3-5-19(6-4-9)8-13(17)21/h1-2,7,9,14,18H,3-6,8H2,(H2,17,21). The summed E-state index contributed by atoms with van der Waals surface area (Å²) in [6.07, 6.45) is 1.36. The minimum atomic E-state index is -3.08. The Kier molecular flexibility index (Phi) is 5.85. The molecular weight excluding hydrogens is 326 g/mol. The molecule has 0 spiro atoms. The second-order valence-electron chi connectivity index (χ2n) is 5.48. The van der Waals surface area contributed by atoms with Crippen LogP contribution in [0.15, 0.2) is 18.2 Å². The zero-order chi connectivity index (χ0) is 17.7. The van der Waals surface area contributed by atoms with Crippen molar-refractivity contribution < 1.29 is 23.2 Å². The second-order valence-corrected chi connectivity index (χ2v) is 5.48. The van der Waals surface area contributed by atoms with Crippen LogP contribution in [0.4, 0.5) is 20.2 Å². The summed E-state index contributed by atoms with van der Waals surface area (Å²) in [5, 5.41) is 13.8. The molecule has 0 bridgehead atoms. The number of anilines is 1. The summed E-state index contributed by atoms with van der Waals surface area (Å²) in [6.45, 7) is -1.62. The Balaban J connectivity index is 2.04. The number of nitrogens with zero attached hydrogens (tertiary/aromatic N) is 2. The molecule has 1 heterocycles. The number of nitro benzene ring substituents is 1. The fraction of sp³-hybridized carbons (Fsp3) is 0.500. The van der Waals surface area contributed by atoms with Crippen molar-refractivity contribution in [1.29, 1.82) is 0 Å². The molecule has 1 amide bonds. The van der Waals surface area contributed by atoms with E-state index in [1.165, 1.54) is 12.1 Å². The van der Waals surface area contributed by atoms with Gasteiger partial charge in [0.15, 0.2) is 5.75 Å². The Hall–Kier alpha value is -2.49. The van der Waals surface area contributed by atoms with Crippen molar-refractivity contribution in [1.82, 2.24) is 4.90 Å².